The number of ether oxygens (including phenoxy) is 3. The van der Waals surface area contributed by atoms with Gasteiger partial charge in [0.05, 0.1) is 0 Å². The van der Waals surface area contributed by atoms with Crippen LogP contribution in [0.4, 0.5) is 0 Å². The molecule has 0 saturated heterocycles. The summed E-state index contributed by atoms with van der Waals surface area (Å²) in [5.74, 6) is -0.898. The van der Waals surface area contributed by atoms with Gasteiger partial charge in [-0.25, -0.2) is 0 Å². The van der Waals surface area contributed by atoms with Crippen molar-refractivity contribution in [1.82, 2.24) is 0 Å². The van der Waals surface area contributed by atoms with E-state index in [9.17, 15) is 14.4 Å². The fraction of sp³-hybridized carbons (Fsp3) is 0.766. The maximum atomic E-state index is 12.9. The number of hydrogen-bond acceptors (Lipinski definition) is 6. The fourth-order valence-corrected chi connectivity index (χ4v) is 8.53. The van der Waals surface area contributed by atoms with Crippen molar-refractivity contribution in [2.24, 2.45) is 0 Å². The SMILES string of the molecule is CC/C=C\C/C=C\C/C=C\CCCCCCCCCCCC(=O)OCC(COC(=O)CCCCCC/C=C\C/C=C\C/C=C\CC)OC(=O)CCCCCCCCCCCCCCCCCCCCC. The molecule has 0 rings (SSSR count). The molecule has 0 aromatic heterocycles. The van der Waals surface area contributed by atoms with Gasteiger partial charge in [-0.1, -0.05) is 267 Å². The second-order valence-electron chi connectivity index (χ2n) is 19.9. The number of allylic oxidation sites excluding steroid dienone is 12. The van der Waals surface area contributed by atoms with Gasteiger partial charge >= 0.3 is 17.9 Å². The Morgan fingerprint density at radius 3 is 0.871 bits per heavy atom. The van der Waals surface area contributed by atoms with Gasteiger partial charge in [0.1, 0.15) is 13.2 Å². The molecule has 404 valence electrons. The molecule has 0 aliphatic rings. The predicted molar refractivity (Wildman–Crippen MR) is 302 cm³/mol. The van der Waals surface area contributed by atoms with E-state index in [0.29, 0.717) is 19.3 Å². The van der Waals surface area contributed by atoms with E-state index < -0.39 is 6.10 Å². The number of rotatable bonds is 54. The summed E-state index contributed by atoms with van der Waals surface area (Å²) in [5, 5.41) is 0. The minimum absolute atomic E-state index is 0.0833. The van der Waals surface area contributed by atoms with E-state index >= 15 is 0 Å². The summed E-state index contributed by atoms with van der Waals surface area (Å²) in [7, 11) is 0. The van der Waals surface area contributed by atoms with Crippen LogP contribution in [-0.2, 0) is 28.6 Å². The highest BCUT2D eigenvalue weighted by atomic mass is 16.6. The molecule has 0 aliphatic heterocycles. The lowest BCUT2D eigenvalue weighted by Crippen LogP contribution is -2.30. The standard InChI is InChI=1S/C64H112O6/c1-4-7-10-13-16-19-22-25-28-30-32-34-36-39-42-45-48-51-54-57-63(66)69-60-61(59-68-62(65)56-53-50-47-44-41-38-27-24-21-18-15-12-9-6-3)70-64(67)58-55-52-49-46-43-40-37-35-33-31-29-26-23-20-17-14-11-8-5-2/h7,9-10,12,16,18-19,21,25,27-28,38,61H,4-6,8,11,13-15,17,20,22-24,26,29-37,39-60H2,1-3H3/b10-7-,12-9-,19-16-,21-18-,28-25-,38-27-. The highest BCUT2D eigenvalue weighted by Gasteiger charge is 2.19. The van der Waals surface area contributed by atoms with Gasteiger partial charge < -0.3 is 14.2 Å². The van der Waals surface area contributed by atoms with Gasteiger partial charge in [-0.05, 0) is 83.5 Å². The molecule has 0 radical (unpaired) electrons. The fourth-order valence-electron chi connectivity index (χ4n) is 8.53. The molecular formula is C64H112O6. The molecule has 0 spiro atoms. The first-order chi connectivity index (χ1) is 34.5. The molecule has 0 N–H and O–H groups in total. The molecule has 6 heteroatoms. The maximum Gasteiger partial charge on any atom is 0.306 e. The van der Waals surface area contributed by atoms with Crippen LogP contribution in [0.15, 0.2) is 72.9 Å². The van der Waals surface area contributed by atoms with Gasteiger partial charge in [0.25, 0.3) is 0 Å². The van der Waals surface area contributed by atoms with E-state index in [-0.39, 0.29) is 31.1 Å². The lowest BCUT2D eigenvalue weighted by molar-refractivity contribution is -0.167. The monoisotopic (exact) mass is 977 g/mol. The summed E-state index contributed by atoms with van der Waals surface area (Å²) in [6, 6.07) is 0. The zero-order valence-electron chi connectivity index (χ0n) is 46.3. The van der Waals surface area contributed by atoms with Crippen LogP contribution in [0.5, 0.6) is 0 Å². The highest BCUT2D eigenvalue weighted by molar-refractivity contribution is 5.71. The van der Waals surface area contributed by atoms with Crippen LogP contribution < -0.4 is 0 Å². The van der Waals surface area contributed by atoms with Gasteiger partial charge in [0.15, 0.2) is 6.10 Å². The topological polar surface area (TPSA) is 78.9 Å². The highest BCUT2D eigenvalue weighted by Crippen LogP contribution is 2.17. The molecule has 70 heavy (non-hydrogen) atoms. The molecule has 0 aromatic carbocycles. The maximum absolute atomic E-state index is 12.9. The molecule has 6 nitrogen and oxygen atoms in total. The molecule has 0 fully saturated rings. The predicted octanol–water partition coefficient (Wildman–Crippen LogP) is 20.2. The molecule has 1 unspecified atom stereocenters. The Hall–Kier alpha value is -3.15. The minimum atomic E-state index is -0.786. The summed E-state index contributed by atoms with van der Waals surface area (Å²) in [4.78, 5) is 38.2. The number of unbranched alkanes of at least 4 members (excludes halogenated alkanes) is 31. The Morgan fingerprint density at radius 2 is 0.557 bits per heavy atom. The van der Waals surface area contributed by atoms with Crippen LogP contribution in [0, 0.1) is 0 Å². The van der Waals surface area contributed by atoms with E-state index in [4.69, 9.17) is 14.2 Å². The average Bonchev–Trinajstić information content (AvgIpc) is 3.36. The van der Waals surface area contributed by atoms with Crippen molar-refractivity contribution in [3.63, 3.8) is 0 Å². The molecule has 0 amide bonds. The normalized spacial score (nSPS) is 12.6. The number of esters is 3. The van der Waals surface area contributed by atoms with Gasteiger partial charge in [-0.2, -0.15) is 0 Å². The molecule has 0 heterocycles. The van der Waals surface area contributed by atoms with Crippen LogP contribution in [0.1, 0.15) is 297 Å². The lowest BCUT2D eigenvalue weighted by Gasteiger charge is -2.18. The van der Waals surface area contributed by atoms with Crippen molar-refractivity contribution < 1.29 is 28.6 Å². The number of carbonyl (C=O) groups is 3. The van der Waals surface area contributed by atoms with Gasteiger partial charge in [-0.3, -0.25) is 14.4 Å². The lowest BCUT2D eigenvalue weighted by atomic mass is 10.0. The van der Waals surface area contributed by atoms with Crippen molar-refractivity contribution in [3.05, 3.63) is 72.9 Å². The first-order valence-electron chi connectivity index (χ1n) is 29.9. The summed E-state index contributed by atoms with van der Waals surface area (Å²) in [6.45, 7) is 6.43. The molecule has 0 aliphatic carbocycles. The average molecular weight is 978 g/mol. The third-order valence-electron chi connectivity index (χ3n) is 13.0. The van der Waals surface area contributed by atoms with E-state index in [1.165, 1.54) is 148 Å². The van der Waals surface area contributed by atoms with E-state index in [1.807, 2.05) is 0 Å². The number of carbonyl (C=O) groups excluding carboxylic acids is 3. The van der Waals surface area contributed by atoms with Gasteiger partial charge in [0.2, 0.25) is 0 Å². The van der Waals surface area contributed by atoms with Crippen LogP contribution in [0.3, 0.4) is 0 Å². The minimum Gasteiger partial charge on any atom is -0.462 e. The van der Waals surface area contributed by atoms with E-state index in [2.05, 4.69) is 93.7 Å². The smallest absolute Gasteiger partial charge is 0.306 e. The van der Waals surface area contributed by atoms with Gasteiger partial charge in [-0.15, -0.1) is 0 Å². The first kappa shape index (κ1) is 66.9. The van der Waals surface area contributed by atoms with Crippen molar-refractivity contribution in [3.8, 4) is 0 Å². The van der Waals surface area contributed by atoms with Gasteiger partial charge in [0, 0.05) is 19.3 Å². The second-order valence-corrected chi connectivity index (χ2v) is 19.9. The van der Waals surface area contributed by atoms with Crippen molar-refractivity contribution in [1.29, 1.82) is 0 Å². The third-order valence-corrected chi connectivity index (χ3v) is 13.0. The van der Waals surface area contributed by atoms with Crippen LogP contribution in [0.25, 0.3) is 0 Å². The quantitative estimate of drug-likeness (QED) is 0.0261. The molecule has 0 saturated carbocycles. The molecule has 1 atom stereocenters. The van der Waals surface area contributed by atoms with Crippen LogP contribution >= 0.6 is 0 Å². The van der Waals surface area contributed by atoms with Crippen molar-refractivity contribution in [2.75, 3.05) is 13.2 Å². The summed E-state index contributed by atoms with van der Waals surface area (Å²) < 4.78 is 16.9. The van der Waals surface area contributed by atoms with Crippen LogP contribution in [-0.4, -0.2) is 37.2 Å². The second kappa shape index (κ2) is 58.4. The van der Waals surface area contributed by atoms with Crippen molar-refractivity contribution in [2.45, 2.75) is 303 Å². The third kappa shape index (κ3) is 55.8. The zero-order chi connectivity index (χ0) is 50.7. The molecular weight excluding hydrogens is 865 g/mol. The zero-order valence-corrected chi connectivity index (χ0v) is 46.3. The van der Waals surface area contributed by atoms with Crippen LogP contribution in [0.2, 0.25) is 0 Å². The van der Waals surface area contributed by atoms with E-state index in [1.54, 1.807) is 0 Å². The summed E-state index contributed by atoms with van der Waals surface area (Å²) in [5.41, 5.74) is 0. The Balaban J connectivity index is 4.36. The largest absolute Gasteiger partial charge is 0.462 e. The molecule has 0 aromatic rings. The summed E-state index contributed by atoms with van der Waals surface area (Å²) in [6.07, 6.45) is 74.7. The summed E-state index contributed by atoms with van der Waals surface area (Å²) >= 11 is 0. The first-order valence-corrected chi connectivity index (χ1v) is 29.9. The molecule has 0 bridgehead atoms. The Labute approximate surface area is 433 Å². The Bertz CT molecular complexity index is 1310. The Kier molecular flexibility index (Phi) is 55.8. The number of hydrogen-bond donors (Lipinski definition) is 0. The van der Waals surface area contributed by atoms with E-state index in [0.717, 1.165) is 109 Å². The van der Waals surface area contributed by atoms with Crippen molar-refractivity contribution >= 4 is 17.9 Å². The Morgan fingerprint density at radius 1 is 0.300 bits per heavy atom.